The van der Waals surface area contributed by atoms with Crippen LogP contribution < -0.4 is 5.32 Å². The van der Waals surface area contributed by atoms with E-state index in [0.717, 1.165) is 48.3 Å². The molecule has 1 heterocycles. The summed E-state index contributed by atoms with van der Waals surface area (Å²) >= 11 is 5.93. The van der Waals surface area contributed by atoms with E-state index in [0.29, 0.717) is 5.02 Å². The van der Waals surface area contributed by atoms with Gasteiger partial charge in [0.15, 0.2) is 0 Å². The summed E-state index contributed by atoms with van der Waals surface area (Å²) in [5.74, 6) is 0.274. The molecule has 0 bridgehead atoms. The number of hydrogen-bond acceptors (Lipinski definition) is 2. The zero-order chi connectivity index (χ0) is 14.8. The van der Waals surface area contributed by atoms with Crippen molar-refractivity contribution in [2.24, 2.45) is 5.92 Å². The molecule has 21 heavy (non-hydrogen) atoms. The average molecular weight is 304 g/mol. The molecule has 1 aliphatic carbocycles. The highest BCUT2D eigenvalue weighted by atomic mass is 35.5. The minimum absolute atomic E-state index is 0.101. The number of aryl methyl sites for hydroxylation is 1. The maximum atomic E-state index is 12.1. The number of anilines is 1. The summed E-state index contributed by atoms with van der Waals surface area (Å²) < 4.78 is 0. The number of aromatic nitrogens is 2. The fourth-order valence-corrected chi connectivity index (χ4v) is 2.46. The van der Waals surface area contributed by atoms with Crippen molar-refractivity contribution in [3.05, 3.63) is 35.0 Å². The maximum Gasteiger partial charge on any atom is 0.227 e. The molecule has 0 atom stereocenters. The van der Waals surface area contributed by atoms with Gasteiger partial charge >= 0.3 is 0 Å². The first-order valence-corrected chi connectivity index (χ1v) is 7.71. The van der Waals surface area contributed by atoms with Crippen molar-refractivity contribution in [3.63, 3.8) is 0 Å². The van der Waals surface area contributed by atoms with Crippen molar-refractivity contribution < 1.29 is 4.79 Å². The molecule has 1 aliphatic rings. The molecular formula is C16H18ClN3O. The van der Waals surface area contributed by atoms with Crippen LogP contribution in [0, 0.1) is 5.92 Å². The van der Waals surface area contributed by atoms with Crippen LogP contribution in [0.15, 0.2) is 24.3 Å². The molecule has 110 valence electrons. The normalized spacial score (nSPS) is 14.2. The number of carbonyl (C=O) groups excluding carboxylic acids is 1. The van der Waals surface area contributed by atoms with E-state index in [-0.39, 0.29) is 11.8 Å². The van der Waals surface area contributed by atoms with E-state index in [4.69, 9.17) is 11.6 Å². The Kier molecular flexibility index (Phi) is 3.97. The lowest BCUT2D eigenvalue weighted by atomic mass is 10.1. The smallest absolute Gasteiger partial charge is 0.227 e. The minimum atomic E-state index is 0.101. The molecule has 2 aromatic rings. The van der Waals surface area contributed by atoms with E-state index < -0.39 is 0 Å². The Bertz CT molecular complexity index is 644. The Labute approximate surface area is 128 Å². The number of carbonyl (C=O) groups is 1. The molecule has 1 aromatic carbocycles. The van der Waals surface area contributed by atoms with Crippen LogP contribution in [0.5, 0.6) is 0 Å². The van der Waals surface area contributed by atoms with Crippen molar-refractivity contribution in [3.8, 4) is 11.3 Å². The molecule has 0 spiro atoms. The van der Waals surface area contributed by atoms with Crippen molar-refractivity contribution in [1.29, 1.82) is 0 Å². The molecule has 1 fully saturated rings. The second-order valence-corrected chi connectivity index (χ2v) is 5.88. The molecule has 0 unspecified atom stereocenters. The molecule has 1 amide bonds. The van der Waals surface area contributed by atoms with Crippen molar-refractivity contribution in [2.45, 2.75) is 32.6 Å². The third kappa shape index (κ3) is 3.10. The third-order valence-corrected chi connectivity index (χ3v) is 3.91. The first-order valence-electron chi connectivity index (χ1n) is 7.33. The summed E-state index contributed by atoms with van der Waals surface area (Å²) in [6.07, 6.45) is 3.83. The predicted molar refractivity (Wildman–Crippen MR) is 84.4 cm³/mol. The quantitative estimate of drug-likeness (QED) is 0.876. The van der Waals surface area contributed by atoms with Crippen LogP contribution in [-0.4, -0.2) is 16.1 Å². The Morgan fingerprint density at radius 2 is 2.10 bits per heavy atom. The number of benzene rings is 1. The van der Waals surface area contributed by atoms with Gasteiger partial charge in [0.25, 0.3) is 0 Å². The predicted octanol–water partition coefficient (Wildman–Crippen LogP) is 4.03. The van der Waals surface area contributed by atoms with Gasteiger partial charge in [-0.1, -0.05) is 37.1 Å². The number of rotatable bonds is 5. The van der Waals surface area contributed by atoms with Gasteiger partial charge in [-0.3, -0.25) is 9.89 Å². The van der Waals surface area contributed by atoms with Crippen molar-refractivity contribution in [2.75, 3.05) is 5.32 Å². The lowest BCUT2D eigenvalue weighted by Gasteiger charge is -2.08. The summed E-state index contributed by atoms with van der Waals surface area (Å²) in [4.78, 5) is 12.1. The molecule has 0 aliphatic heterocycles. The Morgan fingerprint density at radius 1 is 1.38 bits per heavy atom. The first kappa shape index (κ1) is 14.1. The molecule has 0 radical (unpaired) electrons. The van der Waals surface area contributed by atoms with Crippen molar-refractivity contribution >= 4 is 23.2 Å². The van der Waals surface area contributed by atoms with Gasteiger partial charge in [-0.2, -0.15) is 5.10 Å². The van der Waals surface area contributed by atoms with Crippen LogP contribution >= 0.6 is 11.6 Å². The van der Waals surface area contributed by atoms with E-state index in [2.05, 4.69) is 22.4 Å². The first-order chi connectivity index (χ1) is 10.2. The van der Waals surface area contributed by atoms with Crippen LogP contribution in [0.2, 0.25) is 5.02 Å². The van der Waals surface area contributed by atoms with E-state index in [1.54, 1.807) is 0 Å². The van der Waals surface area contributed by atoms with Gasteiger partial charge in [0.1, 0.15) is 5.69 Å². The number of amides is 1. The molecule has 2 N–H and O–H groups in total. The van der Waals surface area contributed by atoms with E-state index in [9.17, 15) is 4.79 Å². The molecule has 1 saturated carbocycles. The van der Waals surface area contributed by atoms with Gasteiger partial charge in [-0.05, 0) is 31.4 Å². The average Bonchev–Trinajstić information content (AvgIpc) is 3.26. The van der Waals surface area contributed by atoms with E-state index in [1.165, 1.54) is 0 Å². The highest BCUT2D eigenvalue weighted by Crippen LogP contribution is 2.34. The second-order valence-electron chi connectivity index (χ2n) is 5.45. The Balaban J connectivity index is 1.94. The number of aromatic amines is 1. The van der Waals surface area contributed by atoms with Gasteiger partial charge in [0, 0.05) is 16.5 Å². The number of nitrogens with zero attached hydrogens (tertiary/aromatic N) is 1. The van der Waals surface area contributed by atoms with Crippen molar-refractivity contribution in [1.82, 2.24) is 10.2 Å². The number of H-pyrrole nitrogens is 1. The van der Waals surface area contributed by atoms with Crippen LogP contribution in [0.3, 0.4) is 0 Å². The Hall–Kier alpha value is -1.81. The third-order valence-electron chi connectivity index (χ3n) is 3.66. The lowest BCUT2D eigenvalue weighted by molar-refractivity contribution is -0.117. The van der Waals surface area contributed by atoms with Gasteiger partial charge in [-0.15, -0.1) is 0 Å². The monoisotopic (exact) mass is 303 g/mol. The highest BCUT2D eigenvalue weighted by Gasteiger charge is 2.31. The zero-order valence-corrected chi connectivity index (χ0v) is 12.7. The summed E-state index contributed by atoms with van der Waals surface area (Å²) in [6, 6.07) is 7.50. The molecule has 1 aromatic heterocycles. The van der Waals surface area contributed by atoms with Crippen LogP contribution in [0.25, 0.3) is 11.3 Å². The molecule has 4 nitrogen and oxygen atoms in total. The van der Waals surface area contributed by atoms with E-state index in [1.807, 2.05) is 24.3 Å². The fraction of sp³-hybridized carbons (Fsp3) is 0.375. The number of hydrogen-bond donors (Lipinski definition) is 2. The van der Waals surface area contributed by atoms with Crippen LogP contribution in [-0.2, 0) is 11.2 Å². The minimum Gasteiger partial charge on any atom is -0.322 e. The summed E-state index contributed by atoms with van der Waals surface area (Å²) in [5.41, 5.74) is 3.53. The standard InChI is InChI=1S/C16H18ClN3O/c1-2-3-13-15(18-16(21)11-4-5-11)14(20-19-13)10-6-8-12(17)9-7-10/h6-9,11H,2-5H2,1H3,(H,18,21)(H,19,20). The lowest BCUT2D eigenvalue weighted by Crippen LogP contribution is -2.14. The summed E-state index contributed by atoms with van der Waals surface area (Å²) in [5, 5.41) is 11.2. The van der Waals surface area contributed by atoms with Gasteiger partial charge in [0.05, 0.1) is 11.4 Å². The van der Waals surface area contributed by atoms with E-state index >= 15 is 0 Å². The molecule has 0 saturated heterocycles. The second kappa shape index (κ2) is 5.90. The molecular weight excluding hydrogens is 286 g/mol. The van der Waals surface area contributed by atoms with Gasteiger partial charge < -0.3 is 5.32 Å². The SMILES string of the molecule is CCCc1[nH]nc(-c2ccc(Cl)cc2)c1NC(=O)C1CC1. The van der Waals surface area contributed by atoms with Gasteiger partial charge in [0.2, 0.25) is 5.91 Å². The van der Waals surface area contributed by atoms with Crippen LogP contribution in [0.1, 0.15) is 31.9 Å². The summed E-state index contributed by atoms with van der Waals surface area (Å²) in [7, 11) is 0. The molecule has 5 heteroatoms. The zero-order valence-electron chi connectivity index (χ0n) is 11.9. The van der Waals surface area contributed by atoms with Gasteiger partial charge in [-0.25, -0.2) is 0 Å². The topological polar surface area (TPSA) is 57.8 Å². The van der Waals surface area contributed by atoms with Crippen LogP contribution in [0.4, 0.5) is 5.69 Å². The number of nitrogens with one attached hydrogen (secondary N) is 2. The Morgan fingerprint density at radius 3 is 2.71 bits per heavy atom. The summed E-state index contributed by atoms with van der Waals surface area (Å²) in [6.45, 7) is 2.11. The molecule has 3 rings (SSSR count). The number of halogens is 1. The largest absolute Gasteiger partial charge is 0.322 e. The highest BCUT2D eigenvalue weighted by molar-refractivity contribution is 6.30. The maximum absolute atomic E-state index is 12.1. The fourth-order valence-electron chi connectivity index (χ4n) is 2.33.